The van der Waals surface area contributed by atoms with Crippen LogP contribution < -0.4 is 0 Å². The maximum absolute atomic E-state index is 4.65. The second-order valence-corrected chi connectivity index (χ2v) is 5.96. The average molecular weight is 269 g/mol. The van der Waals surface area contributed by atoms with E-state index in [1.54, 1.807) is 0 Å². The number of nitrogens with zero attached hydrogens (tertiary/aromatic N) is 5. The van der Waals surface area contributed by atoms with Crippen LogP contribution in [0.25, 0.3) is 0 Å². The number of rotatable bonds is 2. The topological polar surface area (TPSA) is 46.8 Å². The van der Waals surface area contributed by atoms with E-state index in [4.69, 9.17) is 0 Å². The zero-order valence-corrected chi connectivity index (χ0v) is 12.0. The molecule has 0 aromatic carbocycles. The Morgan fingerprint density at radius 3 is 3.00 bits per heavy atom. The van der Waals surface area contributed by atoms with Crippen molar-refractivity contribution in [1.82, 2.24) is 24.6 Å². The number of hydrogen-bond donors (Lipinski definition) is 0. The second-order valence-electron chi connectivity index (χ2n) is 5.96. The normalized spacial score (nSPS) is 24.9. The van der Waals surface area contributed by atoms with Crippen LogP contribution in [-0.4, -0.2) is 30.7 Å². The molecule has 0 N–H and O–H groups in total. The fourth-order valence-corrected chi connectivity index (χ4v) is 3.68. The Bertz CT molecular complexity index is 647. The zero-order valence-electron chi connectivity index (χ0n) is 12.0. The molecule has 0 unspecified atom stereocenters. The number of aryl methyl sites for hydroxylation is 2. The van der Waals surface area contributed by atoms with Gasteiger partial charge in [0, 0.05) is 55.6 Å². The molecule has 0 amide bonds. The average Bonchev–Trinajstić information content (AvgIpc) is 2.94. The van der Waals surface area contributed by atoms with Gasteiger partial charge >= 0.3 is 0 Å². The van der Waals surface area contributed by atoms with E-state index < -0.39 is 0 Å². The van der Waals surface area contributed by atoms with Crippen molar-refractivity contribution in [2.24, 2.45) is 7.05 Å². The maximum Gasteiger partial charge on any atom is 0.125 e. The summed E-state index contributed by atoms with van der Waals surface area (Å²) >= 11 is 0. The highest BCUT2D eigenvalue weighted by Gasteiger charge is 2.40. The van der Waals surface area contributed by atoms with Crippen LogP contribution >= 0.6 is 0 Å². The van der Waals surface area contributed by atoms with E-state index in [1.807, 2.05) is 31.0 Å². The van der Waals surface area contributed by atoms with Gasteiger partial charge in [0.25, 0.3) is 0 Å². The van der Waals surface area contributed by atoms with Gasteiger partial charge in [0.15, 0.2) is 0 Å². The third-order valence-electron chi connectivity index (χ3n) is 4.57. The lowest BCUT2D eigenvalue weighted by Gasteiger charge is -2.35. The molecule has 104 valence electrons. The fraction of sp³-hybridized carbons (Fsp3) is 0.533. The summed E-state index contributed by atoms with van der Waals surface area (Å²) in [4.78, 5) is 11.7. The smallest absolute Gasteiger partial charge is 0.125 e. The first-order valence-electron chi connectivity index (χ1n) is 7.26. The van der Waals surface area contributed by atoms with Crippen LogP contribution in [0.1, 0.15) is 41.5 Å². The van der Waals surface area contributed by atoms with Crippen molar-refractivity contribution in [3.63, 3.8) is 0 Å². The third kappa shape index (κ3) is 1.85. The standard InChI is InChI=1S/C15H19N5/c1-10-16-7-13-14(18-10)5-12-3-4-15(13)20(12)9-11-6-17-19(2)8-11/h6-8,12,15H,3-5,9H2,1-2H3/t12-,15+/m1/s1. The van der Waals surface area contributed by atoms with Gasteiger partial charge in [-0.25, -0.2) is 9.97 Å². The van der Waals surface area contributed by atoms with Gasteiger partial charge < -0.3 is 0 Å². The summed E-state index contributed by atoms with van der Waals surface area (Å²) in [5.41, 5.74) is 3.90. The maximum atomic E-state index is 4.65. The Labute approximate surface area is 118 Å². The molecule has 20 heavy (non-hydrogen) atoms. The van der Waals surface area contributed by atoms with Crippen molar-refractivity contribution >= 4 is 0 Å². The van der Waals surface area contributed by atoms with Gasteiger partial charge in [-0.05, 0) is 19.8 Å². The first-order valence-corrected chi connectivity index (χ1v) is 7.26. The summed E-state index contributed by atoms with van der Waals surface area (Å²) in [6, 6.07) is 1.12. The summed E-state index contributed by atoms with van der Waals surface area (Å²) in [6.07, 6.45) is 9.68. The van der Waals surface area contributed by atoms with Crippen LogP contribution in [0.4, 0.5) is 0 Å². The molecule has 2 bridgehead atoms. The Balaban J connectivity index is 1.65. The monoisotopic (exact) mass is 269 g/mol. The van der Waals surface area contributed by atoms with E-state index in [0.717, 1.165) is 18.8 Å². The van der Waals surface area contributed by atoms with E-state index in [1.165, 1.54) is 29.7 Å². The van der Waals surface area contributed by atoms with Gasteiger partial charge in [-0.3, -0.25) is 9.58 Å². The van der Waals surface area contributed by atoms with Crippen LogP contribution in [0.5, 0.6) is 0 Å². The van der Waals surface area contributed by atoms with Gasteiger partial charge in [0.2, 0.25) is 0 Å². The molecule has 1 saturated heterocycles. The molecule has 0 radical (unpaired) electrons. The van der Waals surface area contributed by atoms with Crippen LogP contribution in [0.2, 0.25) is 0 Å². The highest BCUT2D eigenvalue weighted by atomic mass is 15.3. The molecular formula is C15H19N5. The molecule has 5 nitrogen and oxygen atoms in total. The lowest BCUT2D eigenvalue weighted by molar-refractivity contribution is 0.166. The van der Waals surface area contributed by atoms with E-state index in [2.05, 4.69) is 26.2 Å². The molecule has 0 spiro atoms. The number of fused-ring (bicyclic) bond motifs is 4. The lowest BCUT2D eigenvalue weighted by atomic mass is 9.99. The molecule has 2 aromatic rings. The predicted octanol–water partition coefficient (Wildman–Crippen LogP) is 1.78. The summed E-state index contributed by atoms with van der Waals surface area (Å²) in [5.74, 6) is 0.892. The van der Waals surface area contributed by atoms with E-state index >= 15 is 0 Å². The highest BCUT2D eigenvalue weighted by Crippen LogP contribution is 2.43. The molecule has 1 fully saturated rings. The molecule has 5 heteroatoms. The van der Waals surface area contributed by atoms with Crippen LogP contribution in [0.15, 0.2) is 18.6 Å². The second kappa shape index (κ2) is 4.38. The van der Waals surface area contributed by atoms with Crippen molar-refractivity contribution in [3.05, 3.63) is 41.2 Å². The molecule has 4 heterocycles. The van der Waals surface area contributed by atoms with Crippen molar-refractivity contribution in [2.45, 2.75) is 44.8 Å². The Kier molecular flexibility index (Phi) is 2.63. The fourth-order valence-electron chi connectivity index (χ4n) is 3.68. The number of aromatic nitrogens is 4. The molecule has 2 atom stereocenters. The van der Waals surface area contributed by atoms with E-state index in [9.17, 15) is 0 Å². The van der Waals surface area contributed by atoms with Crippen LogP contribution in [0.3, 0.4) is 0 Å². The molecule has 0 aliphatic carbocycles. The molecule has 2 aromatic heterocycles. The Morgan fingerprint density at radius 2 is 2.20 bits per heavy atom. The van der Waals surface area contributed by atoms with Crippen LogP contribution in [0, 0.1) is 6.92 Å². The SMILES string of the molecule is Cc1ncc2c(n1)C[C@H]1CC[C@@H]2N1Cc1cnn(C)c1. The van der Waals surface area contributed by atoms with Gasteiger partial charge in [-0.1, -0.05) is 0 Å². The predicted molar refractivity (Wildman–Crippen MR) is 75.0 cm³/mol. The van der Waals surface area contributed by atoms with Gasteiger partial charge in [-0.2, -0.15) is 5.10 Å². The minimum Gasteiger partial charge on any atom is -0.289 e. The zero-order chi connectivity index (χ0) is 13.7. The van der Waals surface area contributed by atoms with Crippen molar-refractivity contribution in [1.29, 1.82) is 0 Å². The molecule has 2 aliphatic heterocycles. The molecule has 4 rings (SSSR count). The largest absolute Gasteiger partial charge is 0.289 e. The third-order valence-corrected chi connectivity index (χ3v) is 4.57. The number of hydrogen-bond acceptors (Lipinski definition) is 4. The minimum absolute atomic E-state index is 0.490. The summed E-state index contributed by atoms with van der Waals surface area (Å²) in [5, 5.41) is 4.27. The summed E-state index contributed by atoms with van der Waals surface area (Å²) < 4.78 is 1.88. The van der Waals surface area contributed by atoms with E-state index in [0.29, 0.717) is 12.1 Å². The van der Waals surface area contributed by atoms with Crippen molar-refractivity contribution < 1.29 is 0 Å². The minimum atomic E-state index is 0.490. The Hall–Kier alpha value is -1.75. The van der Waals surface area contributed by atoms with Gasteiger partial charge in [0.1, 0.15) is 5.82 Å². The first-order chi connectivity index (χ1) is 9.70. The van der Waals surface area contributed by atoms with Crippen molar-refractivity contribution in [2.75, 3.05) is 0 Å². The summed E-state index contributed by atoms with van der Waals surface area (Å²) in [6.45, 7) is 2.96. The van der Waals surface area contributed by atoms with Crippen LogP contribution in [-0.2, 0) is 20.0 Å². The molecule has 2 aliphatic rings. The van der Waals surface area contributed by atoms with Gasteiger partial charge in [0.05, 0.1) is 11.9 Å². The van der Waals surface area contributed by atoms with Gasteiger partial charge in [-0.15, -0.1) is 0 Å². The quantitative estimate of drug-likeness (QED) is 0.834. The lowest BCUT2D eigenvalue weighted by Crippen LogP contribution is -2.37. The molecule has 0 saturated carbocycles. The first kappa shape index (κ1) is 12.0. The highest BCUT2D eigenvalue weighted by molar-refractivity contribution is 5.29. The van der Waals surface area contributed by atoms with E-state index in [-0.39, 0.29) is 0 Å². The Morgan fingerprint density at radius 1 is 1.30 bits per heavy atom. The van der Waals surface area contributed by atoms with Crippen molar-refractivity contribution in [3.8, 4) is 0 Å². The molecular weight excluding hydrogens is 250 g/mol. The summed E-state index contributed by atoms with van der Waals surface area (Å²) in [7, 11) is 1.97.